The van der Waals surface area contributed by atoms with Crippen LogP contribution in [0.5, 0.6) is 0 Å². The second-order valence-electron chi connectivity index (χ2n) is 7.24. The molecule has 0 aliphatic heterocycles. The molecule has 5 nitrogen and oxygen atoms in total. The summed E-state index contributed by atoms with van der Waals surface area (Å²) in [6, 6.07) is 10.6. The van der Waals surface area contributed by atoms with Gasteiger partial charge in [0.15, 0.2) is 0 Å². The molecular formula is C20H25N5S. The zero-order valence-electron chi connectivity index (χ0n) is 15.7. The van der Waals surface area contributed by atoms with Crippen LogP contribution >= 0.6 is 11.3 Å². The average Bonchev–Trinajstić information content (AvgIpc) is 3.01. The number of aryl methyl sites for hydroxylation is 1. The number of hydrogen-bond donors (Lipinski definition) is 2. The molecule has 26 heavy (non-hydrogen) atoms. The summed E-state index contributed by atoms with van der Waals surface area (Å²) in [6.07, 6.45) is 1.76. The second kappa shape index (κ2) is 7.51. The number of thiazole rings is 1. The van der Waals surface area contributed by atoms with E-state index in [1.807, 2.05) is 13.0 Å². The Balaban J connectivity index is 1.90. The highest BCUT2D eigenvalue weighted by Gasteiger charge is 2.16. The lowest BCUT2D eigenvalue weighted by Crippen LogP contribution is -2.14. The summed E-state index contributed by atoms with van der Waals surface area (Å²) in [4.78, 5) is 14.6. The molecule has 3 N–H and O–H groups in total. The minimum absolute atomic E-state index is 0.149. The van der Waals surface area contributed by atoms with E-state index >= 15 is 0 Å². The summed E-state index contributed by atoms with van der Waals surface area (Å²) >= 11 is 1.66. The highest BCUT2D eigenvalue weighted by atomic mass is 32.1. The number of hydrogen-bond acceptors (Lipinski definition) is 6. The number of benzene rings is 1. The standard InChI is InChI=1S/C20H25N5S/c1-13-17(16-9-11-22-19(25-16)23-12-10-21)26-18(24-13)14-5-7-15(8-6-14)20(2,3)4/h5-9,11H,10,12,21H2,1-4H3,(H,22,23,25). The van der Waals surface area contributed by atoms with Crippen molar-refractivity contribution in [2.75, 3.05) is 18.4 Å². The third-order valence-electron chi connectivity index (χ3n) is 4.11. The SMILES string of the molecule is Cc1nc(-c2ccc(C(C)(C)C)cc2)sc1-c1ccnc(NCCN)n1. The van der Waals surface area contributed by atoms with Gasteiger partial charge in [-0.15, -0.1) is 11.3 Å². The van der Waals surface area contributed by atoms with Crippen LogP contribution in [-0.4, -0.2) is 28.0 Å². The number of nitrogens with zero attached hydrogens (tertiary/aromatic N) is 3. The second-order valence-corrected chi connectivity index (χ2v) is 8.24. The highest BCUT2D eigenvalue weighted by Crippen LogP contribution is 2.35. The fourth-order valence-corrected chi connectivity index (χ4v) is 3.67. The summed E-state index contributed by atoms with van der Waals surface area (Å²) in [5.41, 5.74) is 9.99. The predicted octanol–water partition coefficient (Wildman–Crippen LogP) is 4.24. The molecule has 0 unspecified atom stereocenters. The molecule has 0 fully saturated rings. The molecule has 0 aliphatic carbocycles. The van der Waals surface area contributed by atoms with E-state index in [1.165, 1.54) is 5.56 Å². The summed E-state index contributed by atoms with van der Waals surface area (Å²) in [5, 5.41) is 4.13. The topological polar surface area (TPSA) is 76.7 Å². The van der Waals surface area contributed by atoms with Gasteiger partial charge < -0.3 is 11.1 Å². The van der Waals surface area contributed by atoms with Crippen LogP contribution in [0.2, 0.25) is 0 Å². The molecule has 3 aromatic rings. The largest absolute Gasteiger partial charge is 0.353 e. The van der Waals surface area contributed by atoms with Crippen molar-refractivity contribution in [3.8, 4) is 21.1 Å². The summed E-state index contributed by atoms with van der Waals surface area (Å²) < 4.78 is 0. The smallest absolute Gasteiger partial charge is 0.223 e. The average molecular weight is 368 g/mol. The Kier molecular flexibility index (Phi) is 5.34. The maximum Gasteiger partial charge on any atom is 0.223 e. The molecular weight excluding hydrogens is 342 g/mol. The molecule has 0 radical (unpaired) electrons. The Hall–Kier alpha value is -2.31. The van der Waals surface area contributed by atoms with Gasteiger partial charge in [-0.25, -0.2) is 15.0 Å². The van der Waals surface area contributed by atoms with E-state index in [9.17, 15) is 0 Å². The number of aromatic nitrogens is 3. The van der Waals surface area contributed by atoms with Crippen molar-refractivity contribution in [2.24, 2.45) is 5.73 Å². The van der Waals surface area contributed by atoms with E-state index in [2.05, 4.69) is 60.3 Å². The van der Waals surface area contributed by atoms with Crippen LogP contribution in [0.1, 0.15) is 32.0 Å². The van der Waals surface area contributed by atoms with Crippen molar-refractivity contribution in [2.45, 2.75) is 33.1 Å². The van der Waals surface area contributed by atoms with Crippen molar-refractivity contribution in [3.63, 3.8) is 0 Å². The molecule has 0 saturated carbocycles. The predicted molar refractivity (Wildman–Crippen MR) is 110 cm³/mol. The quantitative estimate of drug-likeness (QED) is 0.705. The Labute approximate surface area is 158 Å². The molecule has 0 aliphatic rings. The number of anilines is 1. The van der Waals surface area contributed by atoms with Crippen LogP contribution in [0, 0.1) is 6.92 Å². The van der Waals surface area contributed by atoms with Crippen molar-refractivity contribution in [3.05, 3.63) is 47.8 Å². The summed E-state index contributed by atoms with van der Waals surface area (Å²) in [6.45, 7) is 9.88. The van der Waals surface area contributed by atoms with Gasteiger partial charge in [-0.1, -0.05) is 45.0 Å². The molecule has 2 aromatic heterocycles. The Morgan fingerprint density at radius 1 is 1.08 bits per heavy atom. The molecule has 0 spiro atoms. The van der Waals surface area contributed by atoms with Crippen molar-refractivity contribution in [1.82, 2.24) is 15.0 Å². The van der Waals surface area contributed by atoms with Gasteiger partial charge in [0.25, 0.3) is 0 Å². The molecule has 136 valence electrons. The molecule has 0 saturated heterocycles. The number of nitrogens with two attached hydrogens (primary N) is 1. The number of rotatable bonds is 5. The highest BCUT2D eigenvalue weighted by molar-refractivity contribution is 7.18. The van der Waals surface area contributed by atoms with Gasteiger partial charge in [0.1, 0.15) is 5.01 Å². The van der Waals surface area contributed by atoms with Crippen molar-refractivity contribution < 1.29 is 0 Å². The van der Waals surface area contributed by atoms with E-state index < -0.39 is 0 Å². The normalized spacial score (nSPS) is 11.6. The first kappa shape index (κ1) is 18.5. The third-order valence-corrected chi connectivity index (χ3v) is 5.34. The maximum absolute atomic E-state index is 5.53. The lowest BCUT2D eigenvalue weighted by molar-refractivity contribution is 0.590. The van der Waals surface area contributed by atoms with Crippen LogP contribution in [-0.2, 0) is 5.41 Å². The lowest BCUT2D eigenvalue weighted by Gasteiger charge is -2.18. The zero-order chi connectivity index (χ0) is 18.7. The molecule has 0 bridgehead atoms. The first-order chi connectivity index (χ1) is 12.4. The maximum atomic E-state index is 5.53. The van der Waals surface area contributed by atoms with E-state index in [0.717, 1.165) is 26.8 Å². The molecule has 3 rings (SSSR count). The van der Waals surface area contributed by atoms with Gasteiger partial charge in [-0.3, -0.25) is 0 Å². The van der Waals surface area contributed by atoms with E-state index in [4.69, 9.17) is 10.7 Å². The molecule has 1 aromatic carbocycles. The molecule has 0 amide bonds. The van der Waals surface area contributed by atoms with Gasteiger partial charge in [0.05, 0.1) is 16.3 Å². The van der Waals surface area contributed by atoms with E-state index in [1.54, 1.807) is 17.5 Å². The monoisotopic (exact) mass is 367 g/mol. The van der Waals surface area contributed by atoms with Crippen LogP contribution < -0.4 is 11.1 Å². The first-order valence-electron chi connectivity index (χ1n) is 8.74. The van der Waals surface area contributed by atoms with Crippen LogP contribution in [0.15, 0.2) is 36.5 Å². The molecule has 0 atom stereocenters. The van der Waals surface area contributed by atoms with Crippen molar-refractivity contribution >= 4 is 17.3 Å². The van der Waals surface area contributed by atoms with E-state index in [-0.39, 0.29) is 5.41 Å². The Bertz CT molecular complexity index is 878. The van der Waals surface area contributed by atoms with Crippen LogP contribution in [0.4, 0.5) is 5.95 Å². The summed E-state index contributed by atoms with van der Waals surface area (Å²) in [5.74, 6) is 0.594. The van der Waals surface area contributed by atoms with Crippen molar-refractivity contribution in [1.29, 1.82) is 0 Å². The van der Waals surface area contributed by atoms with Gasteiger partial charge in [-0.05, 0) is 24.0 Å². The van der Waals surface area contributed by atoms with Gasteiger partial charge in [-0.2, -0.15) is 0 Å². The van der Waals surface area contributed by atoms with E-state index in [0.29, 0.717) is 19.0 Å². The first-order valence-corrected chi connectivity index (χ1v) is 9.56. The fraction of sp³-hybridized carbons (Fsp3) is 0.350. The third kappa shape index (κ3) is 4.08. The fourth-order valence-electron chi connectivity index (χ4n) is 2.62. The van der Waals surface area contributed by atoms with Crippen LogP contribution in [0.3, 0.4) is 0 Å². The zero-order valence-corrected chi connectivity index (χ0v) is 16.5. The van der Waals surface area contributed by atoms with Gasteiger partial charge in [0.2, 0.25) is 5.95 Å². The molecule has 6 heteroatoms. The van der Waals surface area contributed by atoms with Gasteiger partial charge in [0, 0.05) is 24.8 Å². The van der Waals surface area contributed by atoms with Gasteiger partial charge >= 0.3 is 0 Å². The lowest BCUT2D eigenvalue weighted by atomic mass is 9.87. The molecule has 2 heterocycles. The minimum Gasteiger partial charge on any atom is -0.353 e. The number of nitrogens with one attached hydrogen (secondary N) is 1. The summed E-state index contributed by atoms with van der Waals surface area (Å²) in [7, 11) is 0. The Morgan fingerprint density at radius 3 is 2.46 bits per heavy atom. The Morgan fingerprint density at radius 2 is 1.81 bits per heavy atom. The minimum atomic E-state index is 0.149. The van der Waals surface area contributed by atoms with Crippen LogP contribution in [0.25, 0.3) is 21.1 Å².